The van der Waals surface area contributed by atoms with E-state index in [1.807, 2.05) is 67.6 Å². The van der Waals surface area contributed by atoms with E-state index in [0.717, 1.165) is 17.5 Å². The van der Waals surface area contributed by atoms with Gasteiger partial charge < -0.3 is 9.64 Å². The molecule has 0 aliphatic carbocycles. The van der Waals surface area contributed by atoms with Crippen LogP contribution in [0, 0.1) is 0 Å². The Morgan fingerprint density at radius 2 is 1.92 bits per heavy atom. The number of hydrogen-bond donors (Lipinski definition) is 0. The highest BCUT2D eigenvalue weighted by Gasteiger charge is 2.42. The number of benzene rings is 2. The smallest absolute Gasteiger partial charge is 0.411 e. The van der Waals surface area contributed by atoms with Crippen molar-refractivity contribution in [3.63, 3.8) is 0 Å². The Hall–Kier alpha value is -2.49. The van der Waals surface area contributed by atoms with Crippen molar-refractivity contribution in [1.29, 1.82) is 0 Å². The van der Waals surface area contributed by atoms with Crippen LogP contribution in [0.5, 0.6) is 0 Å². The Balaban J connectivity index is 1.82. The lowest BCUT2D eigenvalue weighted by Crippen LogP contribution is -2.48. The van der Waals surface area contributed by atoms with Gasteiger partial charge in [-0.05, 0) is 18.1 Å². The van der Waals surface area contributed by atoms with Crippen molar-refractivity contribution < 1.29 is 9.53 Å². The summed E-state index contributed by atoms with van der Waals surface area (Å²) >= 11 is 0. The number of hydrogen-bond acceptors (Lipinski definition) is 2. The molecule has 0 N–H and O–H groups in total. The van der Waals surface area contributed by atoms with E-state index in [-0.39, 0.29) is 12.1 Å². The van der Waals surface area contributed by atoms with Gasteiger partial charge in [0.15, 0.2) is 0 Å². The number of nitrogens with zero attached hydrogens (tertiary/aromatic N) is 1. The minimum atomic E-state index is -0.628. The van der Waals surface area contributed by atoms with Crippen molar-refractivity contribution in [3.05, 3.63) is 78.4 Å². The van der Waals surface area contributed by atoms with Crippen molar-refractivity contribution in [3.8, 4) is 0 Å². The summed E-state index contributed by atoms with van der Waals surface area (Å²) in [5.74, 6) is 0. The summed E-state index contributed by atoms with van der Waals surface area (Å²) in [6, 6.07) is 17.5. The maximum Gasteiger partial charge on any atom is 0.411 e. The van der Waals surface area contributed by atoms with Crippen LogP contribution in [0.3, 0.4) is 0 Å². The number of amides is 1. The van der Waals surface area contributed by atoms with Crippen LogP contribution in [0.4, 0.5) is 4.79 Å². The fourth-order valence-corrected chi connectivity index (χ4v) is 3.42. The summed E-state index contributed by atoms with van der Waals surface area (Å²) in [6.07, 6.45) is 2.86. The van der Waals surface area contributed by atoms with Crippen LogP contribution in [-0.2, 0) is 10.3 Å². The lowest BCUT2D eigenvalue weighted by molar-refractivity contribution is -0.0588. The Bertz CT molecular complexity index is 744. The van der Waals surface area contributed by atoms with E-state index in [4.69, 9.17) is 12.6 Å². The maximum absolute atomic E-state index is 12.8. The zero-order valence-electron chi connectivity index (χ0n) is 14.5. The van der Waals surface area contributed by atoms with Gasteiger partial charge in [-0.1, -0.05) is 66.1 Å². The first-order valence-electron chi connectivity index (χ1n) is 8.57. The predicted molar refractivity (Wildman–Crippen MR) is 101 cm³/mol. The fourth-order valence-electron chi connectivity index (χ4n) is 3.42. The van der Waals surface area contributed by atoms with Gasteiger partial charge >= 0.3 is 6.09 Å². The molecule has 1 fully saturated rings. The molecule has 25 heavy (non-hydrogen) atoms. The predicted octanol–water partition coefficient (Wildman–Crippen LogP) is 3.86. The summed E-state index contributed by atoms with van der Waals surface area (Å²) < 4.78 is 5.97. The molecule has 0 bridgehead atoms. The zero-order chi connectivity index (χ0) is 17.9. The SMILES string of the molecule is [B]c1ccc([C@@H](C)N2CCC(CC=C)(c3ccccc3)OC2=O)cc1. The molecule has 0 saturated carbocycles. The molecule has 126 valence electrons. The van der Waals surface area contributed by atoms with E-state index in [1.165, 1.54) is 0 Å². The molecule has 1 saturated heterocycles. The van der Waals surface area contributed by atoms with Gasteiger partial charge in [-0.3, -0.25) is 0 Å². The molecule has 1 aliphatic heterocycles. The molecular formula is C21H22BNO2. The molecule has 1 unspecified atom stereocenters. The molecule has 3 nitrogen and oxygen atoms in total. The number of ether oxygens (including phenoxy) is 1. The minimum Gasteiger partial charge on any atom is -0.437 e. The normalized spacial score (nSPS) is 21.5. The summed E-state index contributed by atoms with van der Waals surface area (Å²) in [7, 11) is 5.75. The highest BCUT2D eigenvalue weighted by molar-refractivity contribution is 6.32. The third kappa shape index (κ3) is 3.48. The topological polar surface area (TPSA) is 29.5 Å². The quantitative estimate of drug-likeness (QED) is 0.615. The molecule has 1 aliphatic rings. The second kappa shape index (κ2) is 7.18. The standard InChI is InChI=1S/C21H22BNO2/c1-3-13-21(18-7-5-4-6-8-18)14-15-23(20(24)25-21)16(2)17-9-11-19(22)12-10-17/h3-12,16H,1,13-15H2,2H3/t16-,21?/m1/s1. The van der Waals surface area contributed by atoms with Gasteiger partial charge in [-0.25, -0.2) is 4.79 Å². The van der Waals surface area contributed by atoms with Gasteiger partial charge in [0.1, 0.15) is 13.4 Å². The van der Waals surface area contributed by atoms with Crippen LogP contribution in [0.1, 0.15) is 36.9 Å². The van der Waals surface area contributed by atoms with Crippen LogP contribution in [0.15, 0.2) is 67.3 Å². The van der Waals surface area contributed by atoms with Crippen molar-refractivity contribution in [1.82, 2.24) is 4.90 Å². The fraction of sp³-hybridized carbons (Fsp3) is 0.286. The highest BCUT2D eigenvalue weighted by Crippen LogP contribution is 2.39. The third-order valence-electron chi connectivity index (χ3n) is 4.93. The van der Waals surface area contributed by atoms with Crippen molar-refractivity contribution in [2.45, 2.75) is 31.4 Å². The number of rotatable bonds is 5. The van der Waals surface area contributed by atoms with E-state index in [9.17, 15) is 4.79 Å². The van der Waals surface area contributed by atoms with Crippen LogP contribution in [0.25, 0.3) is 0 Å². The summed E-state index contributed by atoms with van der Waals surface area (Å²) in [6.45, 7) is 6.49. The first-order valence-corrected chi connectivity index (χ1v) is 8.57. The molecule has 2 aromatic carbocycles. The molecule has 2 aromatic rings. The first-order chi connectivity index (χ1) is 12.1. The van der Waals surface area contributed by atoms with E-state index in [1.54, 1.807) is 4.90 Å². The van der Waals surface area contributed by atoms with Crippen molar-refractivity contribution in [2.75, 3.05) is 6.54 Å². The summed E-state index contributed by atoms with van der Waals surface area (Å²) in [5.41, 5.74) is 2.15. The molecule has 1 amide bonds. The summed E-state index contributed by atoms with van der Waals surface area (Å²) in [4.78, 5) is 14.6. The number of carbonyl (C=O) groups is 1. The highest BCUT2D eigenvalue weighted by atomic mass is 16.6. The second-order valence-electron chi connectivity index (χ2n) is 6.51. The van der Waals surface area contributed by atoms with Gasteiger partial charge in [0, 0.05) is 19.4 Å². The largest absolute Gasteiger partial charge is 0.437 e. The van der Waals surface area contributed by atoms with Crippen molar-refractivity contribution in [2.24, 2.45) is 0 Å². The number of carbonyl (C=O) groups excluding carboxylic acids is 1. The Kier molecular flexibility index (Phi) is 4.98. The monoisotopic (exact) mass is 331 g/mol. The molecule has 2 atom stereocenters. The number of cyclic esters (lactones) is 1. The van der Waals surface area contributed by atoms with Gasteiger partial charge in [0.25, 0.3) is 0 Å². The van der Waals surface area contributed by atoms with Crippen LogP contribution in [-0.4, -0.2) is 25.4 Å². The maximum atomic E-state index is 12.8. The first kappa shape index (κ1) is 17.3. The average molecular weight is 331 g/mol. The molecule has 4 heteroatoms. The Morgan fingerprint density at radius 1 is 1.24 bits per heavy atom. The van der Waals surface area contributed by atoms with E-state index >= 15 is 0 Å². The van der Waals surface area contributed by atoms with Crippen LogP contribution in [0.2, 0.25) is 0 Å². The van der Waals surface area contributed by atoms with Gasteiger partial charge in [-0.2, -0.15) is 0 Å². The van der Waals surface area contributed by atoms with Gasteiger partial charge in [-0.15, -0.1) is 6.58 Å². The van der Waals surface area contributed by atoms with Crippen LogP contribution >= 0.6 is 0 Å². The molecule has 3 rings (SSSR count). The Morgan fingerprint density at radius 3 is 2.52 bits per heavy atom. The minimum absolute atomic E-state index is 0.0643. The van der Waals surface area contributed by atoms with E-state index in [0.29, 0.717) is 18.4 Å². The van der Waals surface area contributed by atoms with E-state index < -0.39 is 5.60 Å². The van der Waals surface area contributed by atoms with Crippen molar-refractivity contribution >= 4 is 19.4 Å². The van der Waals surface area contributed by atoms with Gasteiger partial charge in [0.2, 0.25) is 0 Å². The average Bonchev–Trinajstić information content (AvgIpc) is 2.63. The zero-order valence-corrected chi connectivity index (χ0v) is 14.5. The lowest BCUT2D eigenvalue weighted by atomic mass is 9.85. The molecule has 0 spiro atoms. The van der Waals surface area contributed by atoms with Gasteiger partial charge in [0.05, 0.1) is 6.04 Å². The Labute approximate surface area is 150 Å². The van der Waals surface area contributed by atoms with E-state index in [2.05, 4.69) is 6.58 Å². The third-order valence-corrected chi connectivity index (χ3v) is 4.93. The van der Waals surface area contributed by atoms with Crippen LogP contribution < -0.4 is 5.46 Å². The second-order valence-corrected chi connectivity index (χ2v) is 6.51. The molecule has 2 radical (unpaired) electrons. The molecule has 1 heterocycles. The lowest BCUT2D eigenvalue weighted by Gasteiger charge is -2.43. The molecular weight excluding hydrogens is 309 g/mol. The molecule has 0 aromatic heterocycles. The summed E-state index contributed by atoms with van der Waals surface area (Å²) in [5, 5.41) is 0.